The molecule has 0 aliphatic carbocycles. The number of furan rings is 1. The Hall–Kier alpha value is -1.31. The summed E-state index contributed by atoms with van der Waals surface area (Å²) in [5, 5.41) is 0. The number of carbonyl (C=O) groups excluding carboxylic acids is 1. The van der Waals surface area contributed by atoms with Gasteiger partial charge in [-0.2, -0.15) is 0 Å². The maximum Gasteiger partial charge on any atom is 0.166 e. The van der Waals surface area contributed by atoms with E-state index in [1.165, 1.54) is 0 Å². The maximum absolute atomic E-state index is 11.5. The summed E-state index contributed by atoms with van der Waals surface area (Å²) in [4.78, 5) is 11.5. The molecule has 2 nitrogen and oxygen atoms in total. The Morgan fingerprint density at radius 2 is 2.38 bits per heavy atom. The normalized spacial score (nSPS) is 11.7. The van der Waals surface area contributed by atoms with E-state index in [4.69, 9.17) is 4.42 Å². The number of allylic oxidation sites excluding steroid dienone is 2. The van der Waals surface area contributed by atoms with Crippen LogP contribution in [0.2, 0.25) is 0 Å². The van der Waals surface area contributed by atoms with Gasteiger partial charge >= 0.3 is 0 Å². The Morgan fingerprint density at radius 3 is 2.85 bits per heavy atom. The van der Waals surface area contributed by atoms with Crippen LogP contribution in [0.4, 0.5) is 0 Å². The minimum atomic E-state index is 0.153. The Bertz CT molecular complexity index is 294. The van der Waals surface area contributed by atoms with Crippen LogP contribution in [-0.4, -0.2) is 5.78 Å². The standard InChI is InChI=1S/C11H14O2/c1-3-9(4-2)11(12)8-10-6-5-7-13-10/h3,5-7H,4,8H2,1-2H3/b9-3-. The topological polar surface area (TPSA) is 30.2 Å². The second-order valence-corrected chi connectivity index (χ2v) is 2.85. The largest absolute Gasteiger partial charge is 0.469 e. The molecule has 0 N–H and O–H groups in total. The second-order valence-electron chi connectivity index (χ2n) is 2.85. The number of rotatable bonds is 4. The quantitative estimate of drug-likeness (QED) is 0.663. The van der Waals surface area contributed by atoms with Crippen molar-refractivity contribution in [2.75, 3.05) is 0 Å². The van der Waals surface area contributed by atoms with E-state index in [1.54, 1.807) is 12.3 Å². The minimum absolute atomic E-state index is 0.153. The summed E-state index contributed by atoms with van der Waals surface area (Å²) in [7, 11) is 0. The zero-order valence-corrected chi connectivity index (χ0v) is 8.04. The summed E-state index contributed by atoms with van der Waals surface area (Å²) in [6, 6.07) is 3.62. The van der Waals surface area contributed by atoms with Crippen molar-refractivity contribution in [3.63, 3.8) is 0 Å². The monoisotopic (exact) mass is 178 g/mol. The average Bonchev–Trinajstić information content (AvgIpc) is 2.59. The van der Waals surface area contributed by atoms with E-state index in [0.717, 1.165) is 17.8 Å². The second kappa shape index (κ2) is 4.65. The third kappa shape index (κ3) is 2.58. The van der Waals surface area contributed by atoms with Crippen LogP contribution in [0.1, 0.15) is 26.0 Å². The van der Waals surface area contributed by atoms with E-state index in [0.29, 0.717) is 6.42 Å². The molecule has 0 atom stereocenters. The molecule has 0 amide bonds. The molecule has 0 aromatic carbocycles. The van der Waals surface area contributed by atoms with Crippen LogP contribution >= 0.6 is 0 Å². The molecule has 0 radical (unpaired) electrons. The predicted molar refractivity (Wildman–Crippen MR) is 51.5 cm³/mol. The summed E-state index contributed by atoms with van der Waals surface area (Å²) in [6.45, 7) is 3.87. The highest BCUT2D eigenvalue weighted by atomic mass is 16.3. The number of Topliss-reactive ketones (excluding diaryl/α,β-unsaturated/α-hetero) is 1. The van der Waals surface area contributed by atoms with Crippen molar-refractivity contribution in [3.8, 4) is 0 Å². The third-order valence-corrected chi connectivity index (χ3v) is 2.00. The van der Waals surface area contributed by atoms with Crippen LogP contribution in [0.5, 0.6) is 0 Å². The van der Waals surface area contributed by atoms with Gasteiger partial charge in [0, 0.05) is 0 Å². The molecule has 2 heteroatoms. The van der Waals surface area contributed by atoms with Gasteiger partial charge in [-0.25, -0.2) is 0 Å². The Balaban J connectivity index is 2.60. The first-order valence-electron chi connectivity index (χ1n) is 4.48. The Kier molecular flexibility index (Phi) is 3.50. The maximum atomic E-state index is 11.5. The van der Waals surface area contributed by atoms with E-state index in [-0.39, 0.29) is 5.78 Å². The van der Waals surface area contributed by atoms with Crippen LogP contribution < -0.4 is 0 Å². The fourth-order valence-electron chi connectivity index (χ4n) is 1.25. The summed E-state index contributed by atoms with van der Waals surface area (Å²) in [5.41, 5.74) is 0.872. The van der Waals surface area contributed by atoms with Gasteiger partial charge in [0.25, 0.3) is 0 Å². The van der Waals surface area contributed by atoms with Gasteiger partial charge in [-0.05, 0) is 31.1 Å². The van der Waals surface area contributed by atoms with Crippen molar-refractivity contribution in [2.45, 2.75) is 26.7 Å². The molecule has 1 aromatic rings. The fraction of sp³-hybridized carbons (Fsp3) is 0.364. The molecule has 1 rings (SSSR count). The van der Waals surface area contributed by atoms with Crippen molar-refractivity contribution in [1.29, 1.82) is 0 Å². The lowest BCUT2D eigenvalue weighted by Gasteiger charge is -2.00. The molecular weight excluding hydrogens is 164 g/mol. The number of carbonyl (C=O) groups is 1. The first kappa shape index (κ1) is 9.78. The average molecular weight is 178 g/mol. The van der Waals surface area contributed by atoms with Gasteiger partial charge in [-0.15, -0.1) is 0 Å². The molecule has 0 bridgehead atoms. The molecule has 0 unspecified atom stereocenters. The predicted octanol–water partition coefficient (Wildman–Crippen LogP) is 2.75. The SMILES string of the molecule is C/C=C(/CC)C(=O)Cc1ccco1. The highest BCUT2D eigenvalue weighted by Crippen LogP contribution is 2.08. The third-order valence-electron chi connectivity index (χ3n) is 2.00. The van der Waals surface area contributed by atoms with Gasteiger partial charge in [0.05, 0.1) is 12.7 Å². The van der Waals surface area contributed by atoms with Crippen molar-refractivity contribution >= 4 is 5.78 Å². The van der Waals surface area contributed by atoms with Gasteiger partial charge in [0.2, 0.25) is 0 Å². The van der Waals surface area contributed by atoms with Crippen LogP contribution in [0.25, 0.3) is 0 Å². The first-order chi connectivity index (χ1) is 6.27. The van der Waals surface area contributed by atoms with Crippen LogP contribution in [-0.2, 0) is 11.2 Å². The van der Waals surface area contributed by atoms with Gasteiger partial charge in [0.1, 0.15) is 5.76 Å². The highest BCUT2D eigenvalue weighted by molar-refractivity contribution is 5.96. The van der Waals surface area contributed by atoms with Gasteiger partial charge in [-0.3, -0.25) is 4.79 Å². The summed E-state index contributed by atoms with van der Waals surface area (Å²) >= 11 is 0. The smallest absolute Gasteiger partial charge is 0.166 e. The van der Waals surface area contributed by atoms with Crippen molar-refractivity contribution < 1.29 is 9.21 Å². The fourth-order valence-corrected chi connectivity index (χ4v) is 1.25. The van der Waals surface area contributed by atoms with Crippen molar-refractivity contribution in [1.82, 2.24) is 0 Å². The van der Waals surface area contributed by atoms with Crippen LogP contribution in [0.3, 0.4) is 0 Å². The molecule has 70 valence electrons. The lowest BCUT2D eigenvalue weighted by molar-refractivity contribution is -0.115. The molecule has 0 fully saturated rings. The number of hydrogen-bond donors (Lipinski definition) is 0. The summed E-state index contributed by atoms with van der Waals surface area (Å²) < 4.78 is 5.10. The van der Waals surface area contributed by atoms with Crippen molar-refractivity contribution in [3.05, 3.63) is 35.8 Å². The Morgan fingerprint density at radius 1 is 1.62 bits per heavy atom. The van der Waals surface area contributed by atoms with Crippen molar-refractivity contribution in [2.24, 2.45) is 0 Å². The minimum Gasteiger partial charge on any atom is -0.469 e. The van der Waals surface area contributed by atoms with E-state index in [1.807, 2.05) is 26.0 Å². The molecule has 1 heterocycles. The van der Waals surface area contributed by atoms with Gasteiger partial charge < -0.3 is 4.42 Å². The molecule has 13 heavy (non-hydrogen) atoms. The molecule has 0 spiro atoms. The van der Waals surface area contributed by atoms with E-state index >= 15 is 0 Å². The molecule has 0 saturated carbocycles. The highest BCUT2D eigenvalue weighted by Gasteiger charge is 2.08. The Labute approximate surface area is 78.3 Å². The lowest BCUT2D eigenvalue weighted by atomic mass is 10.1. The van der Waals surface area contributed by atoms with E-state index in [2.05, 4.69) is 0 Å². The molecule has 0 saturated heterocycles. The molecule has 0 aliphatic heterocycles. The first-order valence-corrected chi connectivity index (χ1v) is 4.48. The van der Waals surface area contributed by atoms with Gasteiger partial charge in [-0.1, -0.05) is 13.0 Å². The van der Waals surface area contributed by atoms with E-state index in [9.17, 15) is 4.79 Å². The van der Waals surface area contributed by atoms with E-state index < -0.39 is 0 Å². The molecule has 1 aromatic heterocycles. The number of ketones is 1. The van der Waals surface area contributed by atoms with Crippen LogP contribution in [0, 0.1) is 0 Å². The molecular formula is C11H14O2. The zero-order chi connectivity index (χ0) is 9.68. The summed E-state index contributed by atoms with van der Waals surface area (Å²) in [5.74, 6) is 0.887. The summed E-state index contributed by atoms with van der Waals surface area (Å²) in [6.07, 6.45) is 4.62. The van der Waals surface area contributed by atoms with Gasteiger partial charge in [0.15, 0.2) is 5.78 Å². The zero-order valence-electron chi connectivity index (χ0n) is 8.04. The lowest BCUT2D eigenvalue weighted by Crippen LogP contribution is -2.04. The number of hydrogen-bond acceptors (Lipinski definition) is 2. The molecule has 0 aliphatic rings. The van der Waals surface area contributed by atoms with Crippen LogP contribution in [0.15, 0.2) is 34.5 Å².